The molecule has 0 aliphatic carbocycles. The second-order valence-electron chi connectivity index (χ2n) is 6.23. The summed E-state index contributed by atoms with van der Waals surface area (Å²) in [5.41, 5.74) is 2.45. The predicted molar refractivity (Wildman–Crippen MR) is 87.2 cm³/mol. The molecule has 0 saturated carbocycles. The van der Waals surface area contributed by atoms with Crippen LogP contribution in [0.3, 0.4) is 0 Å². The Balaban J connectivity index is 1.53. The van der Waals surface area contributed by atoms with Crippen LogP contribution in [0.4, 0.5) is 0 Å². The summed E-state index contributed by atoms with van der Waals surface area (Å²) in [6.45, 7) is 7.45. The van der Waals surface area contributed by atoms with E-state index in [1.165, 1.54) is 43.5 Å². The molecule has 2 aliphatic heterocycles. The van der Waals surface area contributed by atoms with E-state index >= 15 is 0 Å². The number of hydrogen-bond acceptors (Lipinski definition) is 3. The van der Waals surface area contributed by atoms with Crippen LogP contribution in [0.5, 0.6) is 5.75 Å². The molecule has 1 N–H and O–H groups in total. The van der Waals surface area contributed by atoms with Crippen molar-refractivity contribution in [1.29, 1.82) is 0 Å². The largest absolute Gasteiger partial charge is 0.493 e. The number of likely N-dealkylation sites (tertiary alicyclic amines) is 1. The molecule has 0 spiro atoms. The van der Waals surface area contributed by atoms with E-state index < -0.39 is 0 Å². The number of ether oxygens (including phenoxy) is 1. The topological polar surface area (TPSA) is 24.5 Å². The number of hydrogen-bond donors (Lipinski definition) is 1. The number of rotatable bonds is 5. The highest BCUT2D eigenvalue weighted by Gasteiger charge is 2.19. The van der Waals surface area contributed by atoms with Crippen LogP contribution >= 0.6 is 11.6 Å². The third kappa shape index (κ3) is 3.71. The summed E-state index contributed by atoms with van der Waals surface area (Å²) in [6.07, 6.45) is 5.07. The number of nitrogens with one attached hydrogen (secondary N) is 1. The average Bonchev–Trinajstić information content (AvgIpc) is 2.96. The second kappa shape index (κ2) is 6.99. The van der Waals surface area contributed by atoms with Crippen LogP contribution < -0.4 is 10.1 Å². The van der Waals surface area contributed by atoms with Crippen LogP contribution in [0, 0.1) is 0 Å². The first kappa shape index (κ1) is 15.1. The fourth-order valence-corrected chi connectivity index (χ4v) is 3.64. The molecule has 3 nitrogen and oxygen atoms in total. The van der Waals surface area contributed by atoms with Gasteiger partial charge in [-0.2, -0.15) is 0 Å². The molecule has 3 rings (SSSR count). The Kier molecular flexibility index (Phi) is 5.04. The minimum atomic E-state index is 0.596. The molecule has 1 saturated heterocycles. The first-order valence-corrected chi connectivity index (χ1v) is 8.50. The van der Waals surface area contributed by atoms with Gasteiger partial charge >= 0.3 is 0 Å². The van der Waals surface area contributed by atoms with E-state index in [0.717, 1.165) is 36.9 Å². The summed E-state index contributed by atoms with van der Waals surface area (Å²) in [6, 6.07) is 4.66. The molecule has 1 aromatic rings. The van der Waals surface area contributed by atoms with Crippen LogP contribution in [0.15, 0.2) is 12.1 Å². The fraction of sp³-hybridized carbons (Fsp3) is 0.647. The molecule has 1 aromatic carbocycles. The summed E-state index contributed by atoms with van der Waals surface area (Å²) < 4.78 is 5.75. The maximum absolute atomic E-state index is 6.20. The lowest BCUT2D eigenvalue weighted by Crippen LogP contribution is -2.42. The Hall–Kier alpha value is -0.770. The second-order valence-corrected chi connectivity index (χ2v) is 6.66. The molecule has 116 valence electrons. The normalized spacial score (nSPS) is 20.1. The van der Waals surface area contributed by atoms with Crippen molar-refractivity contribution in [3.8, 4) is 5.75 Å². The van der Waals surface area contributed by atoms with Crippen molar-refractivity contribution < 1.29 is 4.74 Å². The van der Waals surface area contributed by atoms with Gasteiger partial charge in [0.15, 0.2) is 0 Å². The quantitative estimate of drug-likeness (QED) is 0.904. The molecule has 2 aliphatic rings. The van der Waals surface area contributed by atoms with Crippen LogP contribution in [-0.4, -0.2) is 37.2 Å². The number of nitrogens with zero attached hydrogens (tertiary/aromatic N) is 1. The first-order chi connectivity index (χ1) is 10.2. The van der Waals surface area contributed by atoms with E-state index in [1.54, 1.807) is 0 Å². The summed E-state index contributed by atoms with van der Waals surface area (Å²) in [5.74, 6) is 1.05. The van der Waals surface area contributed by atoms with Crippen molar-refractivity contribution in [1.82, 2.24) is 10.2 Å². The lowest BCUT2D eigenvalue weighted by Gasteiger charge is -2.32. The van der Waals surface area contributed by atoms with Crippen molar-refractivity contribution >= 4 is 11.6 Å². The van der Waals surface area contributed by atoms with Crippen LogP contribution in [0.1, 0.15) is 37.3 Å². The van der Waals surface area contributed by atoms with Crippen molar-refractivity contribution in [3.05, 3.63) is 28.3 Å². The zero-order chi connectivity index (χ0) is 14.7. The van der Waals surface area contributed by atoms with E-state index in [-0.39, 0.29) is 0 Å². The van der Waals surface area contributed by atoms with E-state index in [2.05, 4.69) is 17.1 Å². The van der Waals surface area contributed by atoms with Gasteiger partial charge in [0, 0.05) is 36.1 Å². The Morgan fingerprint density at radius 2 is 2.10 bits per heavy atom. The van der Waals surface area contributed by atoms with Gasteiger partial charge in [-0.3, -0.25) is 4.90 Å². The van der Waals surface area contributed by atoms with Gasteiger partial charge in [0.25, 0.3) is 0 Å². The summed E-state index contributed by atoms with van der Waals surface area (Å²) in [5, 5.41) is 4.39. The Morgan fingerprint density at radius 1 is 1.29 bits per heavy atom. The molecule has 0 amide bonds. The lowest BCUT2D eigenvalue weighted by molar-refractivity contribution is 0.170. The van der Waals surface area contributed by atoms with Gasteiger partial charge in [0.1, 0.15) is 5.75 Å². The van der Waals surface area contributed by atoms with Crippen molar-refractivity contribution in [2.24, 2.45) is 0 Å². The maximum Gasteiger partial charge on any atom is 0.127 e. The van der Waals surface area contributed by atoms with Gasteiger partial charge in [0.2, 0.25) is 0 Å². The maximum atomic E-state index is 6.20. The number of fused-ring (bicyclic) bond motifs is 1. The van der Waals surface area contributed by atoms with Crippen LogP contribution in [0.25, 0.3) is 0 Å². The molecular formula is C17H25ClN2O. The summed E-state index contributed by atoms with van der Waals surface area (Å²) >= 11 is 6.20. The van der Waals surface area contributed by atoms with Gasteiger partial charge in [-0.25, -0.2) is 0 Å². The zero-order valence-corrected chi connectivity index (χ0v) is 13.6. The third-order valence-corrected chi connectivity index (χ3v) is 4.81. The molecule has 1 atom stereocenters. The molecule has 4 heteroatoms. The minimum absolute atomic E-state index is 0.596. The zero-order valence-electron chi connectivity index (χ0n) is 12.8. The van der Waals surface area contributed by atoms with E-state index in [0.29, 0.717) is 6.04 Å². The molecular weight excluding hydrogens is 284 g/mol. The smallest absolute Gasteiger partial charge is 0.127 e. The van der Waals surface area contributed by atoms with E-state index in [9.17, 15) is 0 Å². The van der Waals surface area contributed by atoms with E-state index in [4.69, 9.17) is 16.3 Å². The number of piperidine rings is 1. The van der Waals surface area contributed by atoms with Crippen molar-refractivity contribution in [3.63, 3.8) is 0 Å². The third-order valence-electron chi connectivity index (χ3n) is 4.59. The molecule has 2 heterocycles. The number of halogens is 1. The molecule has 0 bridgehead atoms. The Labute approximate surface area is 132 Å². The van der Waals surface area contributed by atoms with Crippen molar-refractivity contribution in [2.75, 3.05) is 26.2 Å². The van der Waals surface area contributed by atoms with Gasteiger partial charge in [-0.15, -0.1) is 0 Å². The van der Waals surface area contributed by atoms with Gasteiger partial charge in [0.05, 0.1) is 6.61 Å². The molecule has 21 heavy (non-hydrogen) atoms. The van der Waals surface area contributed by atoms with Crippen molar-refractivity contribution in [2.45, 2.75) is 45.2 Å². The van der Waals surface area contributed by atoms with Gasteiger partial charge < -0.3 is 10.1 Å². The summed E-state index contributed by atoms with van der Waals surface area (Å²) in [7, 11) is 0. The van der Waals surface area contributed by atoms with Crippen LogP contribution in [-0.2, 0) is 13.0 Å². The molecule has 1 fully saturated rings. The lowest BCUT2D eigenvalue weighted by atomic mass is 10.1. The molecule has 1 unspecified atom stereocenters. The molecule has 0 aromatic heterocycles. The van der Waals surface area contributed by atoms with Gasteiger partial charge in [-0.05, 0) is 50.6 Å². The minimum Gasteiger partial charge on any atom is -0.493 e. The SMILES string of the molecule is CC(CNCc1cc(Cl)cc2c1OCC2)N1CCCCC1. The van der Waals surface area contributed by atoms with Crippen LogP contribution in [0.2, 0.25) is 5.02 Å². The highest BCUT2D eigenvalue weighted by atomic mass is 35.5. The predicted octanol–water partition coefficient (Wildman–Crippen LogP) is 3.24. The number of benzene rings is 1. The highest BCUT2D eigenvalue weighted by Crippen LogP contribution is 2.32. The average molecular weight is 309 g/mol. The monoisotopic (exact) mass is 308 g/mol. The Morgan fingerprint density at radius 3 is 2.90 bits per heavy atom. The summed E-state index contributed by atoms with van der Waals surface area (Å²) in [4.78, 5) is 2.59. The first-order valence-electron chi connectivity index (χ1n) is 8.13. The fourth-order valence-electron chi connectivity index (χ4n) is 3.38. The highest BCUT2D eigenvalue weighted by molar-refractivity contribution is 6.30. The van der Waals surface area contributed by atoms with Gasteiger partial charge in [-0.1, -0.05) is 18.0 Å². The molecule has 0 radical (unpaired) electrons. The van der Waals surface area contributed by atoms with E-state index in [1.807, 2.05) is 12.1 Å². The Bertz CT molecular complexity index is 486. The standard InChI is InChI=1S/C17H25ClN2O/c1-13(20-6-3-2-4-7-20)11-19-12-15-10-16(18)9-14-5-8-21-17(14)15/h9-10,13,19H,2-8,11-12H2,1H3.